The van der Waals surface area contributed by atoms with Crippen molar-refractivity contribution < 1.29 is 4.74 Å². The van der Waals surface area contributed by atoms with E-state index in [0.717, 1.165) is 64.6 Å². The molecule has 0 aromatic rings. The van der Waals surface area contributed by atoms with Crippen molar-refractivity contribution in [1.29, 1.82) is 0 Å². The molecule has 0 aromatic heterocycles. The van der Waals surface area contributed by atoms with Gasteiger partial charge in [-0.15, -0.1) is 0 Å². The molecule has 0 spiro atoms. The van der Waals surface area contributed by atoms with Crippen LogP contribution in [0.4, 0.5) is 0 Å². The summed E-state index contributed by atoms with van der Waals surface area (Å²) in [7, 11) is 0. The van der Waals surface area contributed by atoms with Crippen molar-refractivity contribution in [2.24, 2.45) is 10.7 Å². The fourth-order valence-electron chi connectivity index (χ4n) is 2.16. The third-order valence-electron chi connectivity index (χ3n) is 3.10. The Morgan fingerprint density at radius 3 is 2.88 bits per heavy atom. The van der Waals surface area contributed by atoms with Gasteiger partial charge in [0.25, 0.3) is 0 Å². The molecular weight excluding hydrogens is 204 g/mol. The van der Waals surface area contributed by atoms with Crippen molar-refractivity contribution in [1.82, 2.24) is 10.2 Å². The Balaban J connectivity index is 1.66. The molecule has 2 aliphatic heterocycles. The fourth-order valence-corrected chi connectivity index (χ4v) is 2.16. The third-order valence-corrected chi connectivity index (χ3v) is 3.10. The standard InChI is InChI=1S/C11H22N4O/c12-4-1-9-16-10-2-7-15(8-3-10)11-13-5-6-14-11/h10H,1-9,12H2,(H,13,14). The number of hydrogen-bond donors (Lipinski definition) is 2. The van der Waals surface area contributed by atoms with Crippen molar-refractivity contribution in [3.05, 3.63) is 0 Å². The first-order chi connectivity index (χ1) is 7.90. The van der Waals surface area contributed by atoms with E-state index in [4.69, 9.17) is 10.5 Å². The topological polar surface area (TPSA) is 62.9 Å². The van der Waals surface area contributed by atoms with Crippen LogP contribution in [0.25, 0.3) is 0 Å². The zero-order valence-electron chi connectivity index (χ0n) is 9.82. The minimum atomic E-state index is 0.421. The Labute approximate surface area is 97.0 Å². The van der Waals surface area contributed by atoms with Crippen molar-refractivity contribution in [2.45, 2.75) is 25.4 Å². The SMILES string of the molecule is NCCCOC1CCN(C2=NCCN2)CC1. The highest BCUT2D eigenvalue weighted by molar-refractivity contribution is 5.81. The average molecular weight is 226 g/mol. The van der Waals surface area contributed by atoms with E-state index < -0.39 is 0 Å². The van der Waals surface area contributed by atoms with Gasteiger partial charge < -0.3 is 20.7 Å². The van der Waals surface area contributed by atoms with Crippen molar-refractivity contribution in [3.8, 4) is 0 Å². The number of rotatable bonds is 4. The van der Waals surface area contributed by atoms with Gasteiger partial charge in [0.05, 0.1) is 12.6 Å². The lowest BCUT2D eigenvalue weighted by atomic mass is 10.1. The summed E-state index contributed by atoms with van der Waals surface area (Å²) < 4.78 is 5.77. The van der Waals surface area contributed by atoms with E-state index in [1.54, 1.807) is 0 Å². The molecule has 2 rings (SSSR count). The first kappa shape index (κ1) is 11.7. The molecule has 0 bridgehead atoms. The fraction of sp³-hybridized carbons (Fsp3) is 0.909. The van der Waals surface area contributed by atoms with Gasteiger partial charge in [-0.3, -0.25) is 4.99 Å². The van der Waals surface area contributed by atoms with E-state index in [9.17, 15) is 0 Å². The molecule has 0 atom stereocenters. The number of nitrogens with one attached hydrogen (secondary N) is 1. The molecule has 2 heterocycles. The lowest BCUT2D eigenvalue weighted by molar-refractivity contribution is 0.0186. The van der Waals surface area contributed by atoms with Gasteiger partial charge >= 0.3 is 0 Å². The van der Waals surface area contributed by atoms with Crippen molar-refractivity contribution in [3.63, 3.8) is 0 Å². The zero-order valence-corrected chi connectivity index (χ0v) is 9.82. The highest BCUT2D eigenvalue weighted by Crippen LogP contribution is 2.14. The Morgan fingerprint density at radius 1 is 1.44 bits per heavy atom. The first-order valence-corrected chi connectivity index (χ1v) is 6.25. The summed E-state index contributed by atoms with van der Waals surface area (Å²) in [6.45, 7) is 5.54. The normalized spacial score (nSPS) is 22.1. The quantitative estimate of drug-likeness (QED) is 0.650. The van der Waals surface area contributed by atoms with Crippen LogP contribution in [-0.4, -0.2) is 56.3 Å². The number of likely N-dealkylation sites (tertiary alicyclic amines) is 1. The van der Waals surface area contributed by atoms with Gasteiger partial charge in [-0.05, 0) is 25.8 Å². The number of guanidine groups is 1. The molecule has 0 saturated carbocycles. The van der Waals surface area contributed by atoms with E-state index in [2.05, 4.69) is 15.2 Å². The van der Waals surface area contributed by atoms with Gasteiger partial charge in [-0.2, -0.15) is 0 Å². The summed E-state index contributed by atoms with van der Waals surface area (Å²) in [5, 5.41) is 3.31. The van der Waals surface area contributed by atoms with Gasteiger partial charge in [-0.1, -0.05) is 0 Å². The molecule has 0 aliphatic carbocycles. The highest BCUT2D eigenvalue weighted by Gasteiger charge is 2.22. The number of nitrogens with two attached hydrogens (primary N) is 1. The number of hydrogen-bond acceptors (Lipinski definition) is 5. The van der Waals surface area contributed by atoms with E-state index in [-0.39, 0.29) is 0 Å². The number of ether oxygens (including phenoxy) is 1. The monoisotopic (exact) mass is 226 g/mol. The van der Waals surface area contributed by atoms with Gasteiger partial charge in [0.15, 0.2) is 5.96 Å². The van der Waals surface area contributed by atoms with E-state index in [1.807, 2.05) is 0 Å². The number of aliphatic imine (C=N–C) groups is 1. The van der Waals surface area contributed by atoms with E-state index >= 15 is 0 Å². The van der Waals surface area contributed by atoms with E-state index in [0.29, 0.717) is 6.10 Å². The maximum atomic E-state index is 5.77. The lowest BCUT2D eigenvalue weighted by Crippen LogP contribution is -2.45. The second-order valence-electron chi connectivity index (χ2n) is 4.33. The molecule has 1 saturated heterocycles. The predicted octanol–water partition coefficient (Wildman–Crippen LogP) is -0.225. The van der Waals surface area contributed by atoms with Gasteiger partial charge in [0.1, 0.15) is 0 Å². The minimum Gasteiger partial charge on any atom is -0.378 e. The average Bonchev–Trinajstić information content (AvgIpc) is 2.84. The van der Waals surface area contributed by atoms with Crippen LogP contribution in [0.2, 0.25) is 0 Å². The Morgan fingerprint density at radius 2 is 2.25 bits per heavy atom. The smallest absolute Gasteiger partial charge is 0.194 e. The number of piperidine rings is 1. The van der Waals surface area contributed by atoms with Crippen LogP contribution in [0.5, 0.6) is 0 Å². The van der Waals surface area contributed by atoms with Crippen molar-refractivity contribution in [2.75, 3.05) is 39.3 Å². The Bertz CT molecular complexity index is 236. The van der Waals surface area contributed by atoms with Crippen LogP contribution in [-0.2, 0) is 4.74 Å². The molecule has 0 unspecified atom stereocenters. The first-order valence-electron chi connectivity index (χ1n) is 6.25. The van der Waals surface area contributed by atoms with Crippen LogP contribution in [0.15, 0.2) is 4.99 Å². The van der Waals surface area contributed by atoms with Crippen LogP contribution < -0.4 is 11.1 Å². The minimum absolute atomic E-state index is 0.421. The predicted molar refractivity (Wildman–Crippen MR) is 64.5 cm³/mol. The van der Waals surface area contributed by atoms with Crippen LogP contribution >= 0.6 is 0 Å². The van der Waals surface area contributed by atoms with Crippen LogP contribution in [0, 0.1) is 0 Å². The highest BCUT2D eigenvalue weighted by atomic mass is 16.5. The summed E-state index contributed by atoms with van der Waals surface area (Å²) in [6.07, 6.45) is 3.59. The largest absolute Gasteiger partial charge is 0.378 e. The molecular formula is C11H22N4O. The molecule has 3 N–H and O–H groups in total. The summed E-state index contributed by atoms with van der Waals surface area (Å²) >= 11 is 0. The van der Waals surface area contributed by atoms with Gasteiger partial charge in [-0.25, -0.2) is 0 Å². The molecule has 92 valence electrons. The molecule has 5 nitrogen and oxygen atoms in total. The maximum Gasteiger partial charge on any atom is 0.194 e. The molecule has 16 heavy (non-hydrogen) atoms. The lowest BCUT2D eigenvalue weighted by Gasteiger charge is -2.33. The summed E-state index contributed by atoms with van der Waals surface area (Å²) in [5.41, 5.74) is 5.44. The number of nitrogens with zero attached hydrogens (tertiary/aromatic N) is 2. The molecule has 5 heteroatoms. The van der Waals surface area contributed by atoms with Crippen LogP contribution in [0.3, 0.4) is 0 Å². The van der Waals surface area contributed by atoms with Gasteiger partial charge in [0, 0.05) is 26.2 Å². The van der Waals surface area contributed by atoms with Crippen molar-refractivity contribution >= 4 is 5.96 Å². The molecule has 1 fully saturated rings. The third kappa shape index (κ3) is 3.09. The summed E-state index contributed by atoms with van der Waals surface area (Å²) in [6, 6.07) is 0. The molecule has 0 aromatic carbocycles. The molecule has 2 aliphatic rings. The summed E-state index contributed by atoms with van der Waals surface area (Å²) in [4.78, 5) is 6.76. The zero-order chi connectivity index (χ0) is 11.2. The van der Waals surface area contributed by atoms with E-state index in [1.165, 1.54) is 0 Å². The van der Waals surface area contributed by atoms with Crippen LogP contribution in [0.1, 0.15) is 19.3 Å². The Kier molecular flexibility index (Phi) is 4.42. The molecule has 0 amide bonds. The molecule has 0 radical (unpaired) electrons. The Hall–Kier alpha value is -0.810. The second-order valence-corrected chi connectivity index (χ2v) is 4.33. The summed E-state index contributed by atoms with van der Waals surface area (Å²) in [5.74, 6) is 1.08. The maximum absolute atomic E-state index is 5.77. The van der Waals surface area contributed by atoms with Gasteiger partial charge in [0.2, 0.25) is 0 Å². The second kappa shape index (κ2) is 6.06.